The van der Waals surface area contributed by atoms with Gasteiger partial charge < -0.3 is 19.5 Å². The second-order valence-corrected chi connectivity index (χ2v) is 8.12. The second-order valence-electron chi connectivity index (χ2n) is 8.12. The van der Waals surface area contributed by atoms with Crippen LogP contribution >= 0.6 is 0 Å². The van der Waals surface area contributed by atoms with Crippen molar-refractivity contribution in [3.63, 3.8) is 0 Å². The molecule has 7 nitrogen and oxygen atoms in total. The number of aliphatic carboxylic acids is 1. The molecule has 0 bridgehead atoms. The summed E-state index contributed by atoms with van der Waals surface area (Å²) in [6.45, 7) is 5.31. The van der Waals surface area contributed by atoms with Gasteiger partial charge in [0.1, 0.15) is 23.2 Å². The summed E-state index contributed by atoms with van der Waals surface area (Å²) in [5.41, 5.74) is 2.37. The van der Waals surface area contributed by atoms with Crippen LogP contribution in [0, 0.1) is 5.92 Å². The lowest BCUT2D eigenvalue weighted by molar-refractivity contribution is -0.146. The first-order valence-corrected chi connectivity index (χ1v) is 10.9. The number of methoxy groups -OCH3 is 2. The molecule has 0 radical (unpaired) electrons. The van der Waals surface area contributed by atoms with Crippen LogP contribution in [0.5, 0.6) is 11.5 Å². The number of hydrogen-bond acceptors (Lipinski definition) is 6. The minimum atomic E-state index is -1.03. The van der Waals surface area contributed by atoms with E-state index in [-0.39, 0.29) is 11.8 Å². The van der Waals surface area contributed by atoms with Gasteiger partial charge in [0.2, 0.25) is 0 Å². The molecule has 0 saturated carbocycles. The number of nitrogens with zero attached hydrogens (tertiary/aromatic N) is 2. The lowest BCUT2D eigenvalue weighted by atomic mass is 9.96. The maximum atomic E-state index is 11.6. The monoisotopic (exact) mass is 440 g/mol. The molecule has 172 valence electrons. The van der Waals surface area contributed by atoms with Gasteiger partial charge in [-0.1, -0.05) is 24.3 Å². The molecule has 0 spiro atoms. The maximum absolute atomic E-state index is 11.6. The van der Waals surface area contributed by atoms with Crippen molar-refractivity contribution in [1.29, 1.82) is 0 Å². The highest BCUT2D eigenvalue weighted by Gasteiger charge is 2.28. The van der Waals surface area contributed by atoms with Gasteiger partial charge >= 0.3 is 5.97 Å². The fraction of sp³-hybridized carbons (Fsp3) is 0.440. The molecular formula is C25H32N2O5. The van der Waals surface area contributed by atoms with Gasteiger partial charge in [0.15, 0.2) is 0 Å². The van der Waals surface area contributed by atoms with Gasteiger partial charge in [-0.3, -0.25) is 14.5 Å². The third-order valence-corrected chi connectivity index (χ3v) is 6.16. The number of rotatable bonds is 10. The quantitative estimate of drug-likeness (QED) is 0.569. The predicted molar refractivity (Wildman–Crippen MR) is 122 cm³/mol. The second kappa shape index (κ2) is 11.1. The minimum absolute atomic E-state index is 0.0953. The third kappa shape index (κ3) is 5.87. The van der Waals surface area contributed by atoms with E-state index in [1.807, 2.05) is 24.3 Å². The van der Waals surface area contributed by atoms with Crippen molar-refractivity contribution in [1.82, 2.24) is 9.80 Å². The number of hydrogen-bond donors (Lipinski definition) is 1. The minimum Gasteiger partial charge on any atom is -0.497 e. The van der Waals surface area contributed by atoms with E-state index in [0.717, 1.165) is 37.7 Å². The van der Waals surface area contributed by atoms with Gasteiger partial charge in [-0.25, -0.2) is 0 Å². The largest absolute Gasteiger partial charge is 0.497 e. The Hall–Kier alpha value is -2.90. The number of carbonyl (C=O) groups is 2. The van der Waals surface area contributed by atoms with Crippen molar-refractivity contribution in [2.45, 2.75) is 19.4 Å². The Morgan fingerprint density at radius 1 is 0.875 bits per heavy atom. The van der Waals surface area contributed by atoms with Crippen LogP contribution in [-0.2, 0) is 9.59 Å². The van der Waals surface area contributed by atoms with Gasteiger partial charge in [0.05, 0.1) is 20.3 Å². The fourth-order valence-corrected chi connectivity index (χ4v) is 4.24. The average Bonchev–Trinajstić information content (AvgIpc) is 2.81. The standard InChI is InChI=1S/C25H32N2O5/c1-18(28)23(25(29)30)12-13-26-14-16-27(17-15-26)24(19-4-8-21(31-2)9-5-19)20-6-10-22(32-3)11-7-20/h4-11,23-24H,12-17H2,1-3H3,(H,29,30). The molecular weight excluding hydrogens is 408 g/mol. The highest BCUT2D eigenvalue weighted by atomic mass is 16.5. The van der Waals surface area contributed by atoms with Gasteiger partial charge in [0, 0.05) is 26.2 Å². The van der Waals surface area contributed by atoms with Gasteiger partial charge in [-0.05, 0) is 55.3 Å². The summed E-state index contributed by atoms with van der Waals surface area (Å²) >= 11 is 0. The molecule has 0 amide bonds. The zero-order valence-corrected chi connectivity index (χ0v) is 19.0. The number of piperazine rings is 1. The molecule has 1 fully saturated rings. The van der Waals surface area contributed by atoms with Crippen LogP contribution in [0.4, 0.5) is 0 Å². The van der Waals surface area contributed by atoms with Gasteiger partial charge in [-0.15, -0.1) is 0 Å². The number of Topliss-reactive ketones (excluding diaryl/α,β-unsaturated/α-hetero) is 1. The number of carbonyl (C=O) groups excluding carboxylic acids is 1. The molecule has 2 aromatic carbocycles. The fourth-order valence-electron chi connectivity index (χ4n) is 4.24. The van der Waals surface area contributed by atoms with E-state index in [0.29, 0.717) is 13.0 Å². The summed E-state index contributed by atoms with van der Waals surface area (Å²) < 4.78 is 10.6. The Bertz CT molecular complexity index is 828. The van der Waals surface area contributed by atoms with Crippen LogP contribution < -0.4 is 9.47 Å². The van der Waals surface area contributed by atoms with E-state index in [9.17, 15) is 14.7 Å². The molecule has 1 heterocycles. The van der Waals surface area contributed by atoms with Crippen molar-refractivity contribution < 1.29 is 24.2 Å². The van der Waals surface area contributed by atoms with Gasteiger partial charge in [0.25, 0.3) is 0 Å². The van der Waals surface area contributed by atoms with E-state index >= 15 is 0 Å². The van der Waals surface area contributed by atoms with Crippen LogP contribution in [0.3, 0.4) is 0 Å². The molecule has 1 saturated heterocycles. The summed E-state index contributed by atoms with van der Waals surface area (Å²) in [5, 5.41) is 9.25. The lowest BCUT2D eigenvalue weighted by Crippen LogP contribution is -2.48. The van der Waals surface area contributed by atoms with Crippen LogP contribution in [0.2, 0.25) is 0 Å². The molecule has 0 aliphatic carbocycles. The molecule has 1 aliphatic rings. The van der Waals surface area contributed by atoms with E-state index in [1.165, 1.54) is 18.1 Å². The van der Waals surface area contributed by atoms with E-state index < -0.39 is 11.9 Å². The van der Waals surface area contributed by atoms with E-state index in [1.54, 1.807) is 14.2 Å². The molecule has 1 unspecified atom stereocenters. The summed E-state index contributed by atoms with van der Waals surface area (Å²) in [7, 11) is 3.33. The number of ether oxygens (including phenoxy) is 2. The van der Waals surface area contributed by atoms with Crippen LogP contribution in [0.25, 0.3) is 0 Å². The summed E-state index contributed by atoms with van der Waals surface area (Å²) in [5.74, 6) is -0.583. The summed E-state index contributed by atoms with van der Waals surface area (Å²) in [6.07, 6.45) is 0.352. The Morgan fingerprint density at radius 2 is 1.34 bits per heavy atom. The molecule has 7 heteroatoms. The number of benzene rings is 2. The molecule has 1 N–H and O–H groups in total. The first-order chi connectivity index (χ1) is 15.4. The van der Waals surface area contributed by atoms with E-state index in [2.05, 4.69) is 34.1 Å². The topological polar surface area (TPSA) is 79.3 Å². The SMILES string of the molecule is COc1ccc(C(c2ccc(OC)cc2)N2CCN(CCC(C(C)=O)C(=O)O)CC2)cc1. The highest BCUT2D eigenvalue weighted by molar-refractivity contribution is 5.96. The Balaban J connectivity index is 1.72. The average molecular weight is 441 g/mol. The number of ketones is 1. The summed E-state index contributed by atoms with van der Waals surface area (Å²) in [4.78, 5) is 27.6. The van der Waals surface area contributed by atoms with E-state index in [4.69, 9.17) is 9.47 Å². The smallest absolute Gasteiger partial charge is 0.314 e. The third-order valence-electron chi connectivity index (χ3n) is 6.16. The first kappa shape index (κ1) is 23.8. The molecule has 0 aromatic heterocycles. The number of carboxylic acids is 1. The van der Waals surface area contributed by atoms with Crippen LogP contribution in [0.15, 0.2) is 48.5 Å². The summed E-state index contributed by atoms with van der Waals surface area (Å²) in [6, 6.07) is 16.4. The maximum Gasteiger partial charge on any atom is 0.314 e. The Morgan fingerprint density at radius 3 is 1.72 bits per heavy atom. The van der Waals surface area contributed by atoms with Crippen molar-refractivity contribution in [3.05, 3.63) is 59.7 Å². The zero-order valence-electron chi connectivity index (χ0n) is 19.0. The molecule has 1 aliphatic heterocycles. The molecule has 32 heavy (non-hydrogen) atoms. The lowest BCUT2D eigenvalue weighted by Gasteiger charge is -2.40. The van der Waals surface area contributed by atoms with Crippen molar-refractivity contribution in [2.24, 2.45) is 5.92 Å². The Kier molecular flexibility index (Phi) is 8.25. The van der Waals surface area contributed by atoms with Crippen LogP contribution in [-0.4, -0.2) is 73.6 Å². The van der Waals surface area contributed by atoms with Gasteiger partial charge in [-0.2, -0.15) is 0 Å². The zero-order chi connectivity index (χ0) is 23.1. The van der Waals surface area contributed by atoms with Crippen molar-refractivity contribution >= 4 is 11.8 Å². The normalized spacial score (nSPS) is 16.0. The van der Waals surface area contributed by atoms with Crippen molar-refractivity contribution in [3.8, 4) is 11.5 Å². The molecule has 1 atom stereocenters. The predicted octanol–water partition coefficient (Wildman–Crippen LogP) is 3.09. The van der Waals surface area contributed by atoms with Crippen LogP contribution in [0.1, 0.15) is 30.5 Å². The molecule has 2 aromatic rings. The first-order valence-electron chi connectivity index (χ1n) is 10.9. The van der Waals surface area contributed by atoms with Crippen molar-refractivity contribution in [2.75, 3.05) is 46.9 Å². The highest BCUT2D eigenvalue weighted by Crippen LogP contribution is 2.32. The molecule has 3 rings (SSSR count). The number of carboxylic acid groups (broad SMARTS) is 1. The Labute approximate surface area is 189 Å².